The quantitative estimate of drug-likeness (QED) is 0.682. The fraction of sp³-hybridized carbons (Fsp3) is 0.300. The molecule has 0 aromatic heterocycles. The fourth-order valence-corrected chi connectivity index (χ4v) is 1.10. The topological polar surface area (TPSA) is 84.6 Å². The van der Waals surface area contributed by atoms with Crippen LogP contribution in [0.5, 0.6) is 5.75 Å². The van der Waals surface area contributed by atoms with Crippen LogP contribution in [-0.4, -0.2) is 30.8 Å². The van der Waals surface area contributed by atoms with Gasteiger partial charge in [0.1, 0.15) is 17.7 Å². The molecule has 0 bridgehead atoms. The summed E-state index contributed by atoms with van der Waals surface area (Å²) in [5.41, 5.74) is 5.26. The molecule has 0 radical (unpaired) electrons. The van der Waals surface area contributed by atoms with Gasteiger partial charge in [0.05, 0.1) is 12.8 Å². The Labute approximate surface area is 92.0 Å². The Balaban J connectivity index is 2.87. The average Bonchev–Trinajstić information content (AvgIpc) is 2.28. The third-order valence-corrected chi connectivity index (χ3v) is 1.95. The lowest BCUT2D eigenvalue weighted by Crippen LogP contribution is -2.34. The van der Waals surface area contributed by atoms with Crippen molar-refractivity contribution in [2.45, 2.75) is 6.10 Å². The first-order valence-corrected chi connectivity index (χ1v) is 4.61. The molecule has 88 valence electrons. The lowest BCUT2D eigenvalue weighted by molar-refractivity contribution is -0.123. The third kappa shape index (κ3) is 2.91. The molecule has 0 aliphatic rings. The zero-order valence-electron chi connectivity index (χ0n) is 8.74. The molecule has 5 nitrogen and oxygen atoms in total. The summed E-state index contributed by atoms with van der Waals surface area (Å²) in [5.74, 6) is -0.913. The molecule has 1 atom stereocenters. The number of anilines is 1. The number of aliphatic hydroxyl groups excluding tert-OH is 1. The van der Waals surface area contributed by atoms with Crippen LogP contribution in [-0.2, 0) is 4.79 Å². The molecule has 6 heteroatoms. The lowest BCUT2D eigenvalue weighted by Gasteiger charge is -2.12. The first kappa shape index (κ1) is 12.4. The molecule has 1 aromatic carbocycles. The third-order valence-electron chi connectivity index (χ3n) is 1.95. The number of nitrogens with one attached hydrogen (secondary N) is 1. The first-order valence-electron chi connectivity index (χ1n) is 4.61. The van der Waals surface area contributed by atoms with E-state index in [4.69, 9.17) is 15.6 Å². The Kier molecular flexibility index (Phi) is 4.21. The highest BCUT2D eigenvalue weighted by molar-refractivity contribution is 5.95. The molecule has 0 fully saturated rings. The van der Waals surface area contributed by atoms with Crippen LogP contribution in [0.15, 0.2) is 18.2 Å². The van der Waals surface area contributed by atoms with Gasteiger partial charge in [0, 0.05) is 12.6 Å². The van der Waals surface area contributed by atoms with Gasteiger partial charge < -0.3 is 20.9 Å². The molecule has 0 saturated heterocycles. The van der Waals surface area contributed by atoms with Crippen LogP contribution in [0.3, 0.4) is 0 Å². The zero-order valence-corrected chi connectivity index (χ0v) is 8.74. The van der Waals surface area contributed by atoms with Crippen molar-refractivity contribution < 1.29 is 19.0 Å². The maximum atomic E-state index is 12.9. The number of methoxy groups -OCH3 is 1. The van der Waals surface area contributed by atoms with Gasteiger partial charge in [-0.15, -0.1) is 0 Å². The Hall–Kier alpha value is -1.66. The van der Waals surface area contributed by atoms with Crippen molar-refractivity contribution in [3.8, 4) is 5.75 Å². The molecular weight excluding hydrogens is 215 g/mol. The van der Waals surface area contributed by atoms with Crippen molar-refractivity contribution in [3.63, 3.8) is 0 Å². The summed E-state index contributed by atoms with van der Waals surface area (Å²) in [5, 5.41) is 11.5. The normalized spacial score (nSPS) is 12.0. The van der Waals surface area contributed by atoms with E-state index < -0.39 is 17.8 Å². The minimum atomic E-state index is -1.33. The van der Waals surface area contributed by atoms with E-state index in [1.54, 1.807) is 0 Å². The smallest absolute Gasteiger partial charge is 0.254 e. The maximum absolute atomic E-state index is 12.9. The number of aliphatic hydroxyl groups is 1. The number of halogens is 1. The van der Waals surface area contributed by atoms with Gasteiger partial charge in [0.15, 0.2) is 0 Å². The van der Waals surface area contributed by atoms with Crippen LogP contribution in [0.2, 0.25) is 0 Å². The minimum Gasteiger partial charge on any atom is -0.495 e. The van der Waals surface area contributed by atoms with E-state index in [9.17, 15) is 9.18 Å². The van der Waals surface area contributed by atoms with Gasteiger partial charge in [-0.3, -0.25) is 4.79 Å². The Morgan fingerprint density at radius 1 is 1.69 bits per heavy atom. The predicted octanol–water partition coefficient (Wildman–Crippen LogP) is 0.0924. The molecule has 1 rings (SSSR count). The standard InChI is InChI=1S/C10H13FN2O3/c1-16-9-3-2-6(11)4-7(9)13-10(15)8(14)5-12/h2-4,8,14H,5,12H2,1H3,(H,13,15). The number of amides is 1. The summed E-state index contributed by atoms with van der Waals surface area (Å²) in [6, 6.07) is 3.67. The zero-order chi connectivity index (χ0) is 12.1. The van der Waals surface area contributed by atoms with E-state index in [-0.39, 0.29) is 12.2 Å². The van der Waals surface area contributed by atoms with Crippen molar-refractivity contribution in [2.24, 2.45) is 5.73 Å². The minimum absolute atomic E-state index is 0.153. The lowest BCUT2D eigenvalue weighted by atomic mass is 10.2. The highest BCUT2D eigenvalue weighted by Crippen LogP contribution is 2.24. The summed E-state index contributed by atoms with van der Waals surface area (Å²) >= 11 is 0. The monoisotopic (exact) mass is 228 g/mol. The van der Waals surface area contributed by atoms with Crippen LogP contribution in [0.1, 0.15) is 0 Å². The Bertz CT molecular complexity index is 384. The summed E-state index contributed by atoms with van der Waals surface area (Å²) in [4.78, 5) is 11.3. The van der Waals surface area contributed by atoms with Gasteiger partial charge in [-0.05, 0) is 12.1 Å². The first-order chi connectivity index (χ1) is 7.58. The molecule has 1 aromatic rings. The number of nitrogens with two attached hydrogens (primary N) is 1. The van der Waals surface area contributed by atoms with E-state index in [2.05, 4.69) is 5.32 Å². The molecule has 16 heavy (non-hydrogen) atoms. The highest BCUT2D eigenvalue weighted by atomic mass is 19.1. The van der Waals surface area contributed by atoms with E-state index in [0.29, 0.717) is 5.75 Å². The van der Waals surface area contributed by atoms with E-state index in [0.717, 1.165) is 6.07 Å². The molecule has 1 unspecified atom stereocenters. The van der Waals surface area contributed by atoms with Gasteiger partial charge >= 0.3 is 0 Å². The van der Waals surface area contributed by atoms with Gasteiger partial charge in [0.2, 0.25) is 0 Å². The second-order valence-electron chi connectivity index (χ2n) is 3.09. The Morgan fingerprint density at radius 2 is 2.38 bits per heavy atom. The molecule has 0 aliphatic heterocycles. The summed E-state index contributed by atoms with van der Waals surface area (Å²) < 4.78 is 17.8. The fourth-order valence-electron chi connectivity index (χ4n) is 1.10. The number of carbonyl (C=O) groups excluding carboxylic acids is 1. The number of benzene rings is 1. The molecule has 1 amide bonds. The van der Waals surface area contributed by atoms with Gasteiger partial charge in [-0.2, -0.15) is 0 Å². The van der Waals surface area contributed by atoms with E-state index >= 15 is 0 Å². The summed E-state index contributed by atoms with van der Waals surface area (Å²) in [7, 11) is 1.39. The summed E-state index contributed by atoms with van der Waals surface area (Å²) in [6.07, 6.45) is -1.33. The van der Waals surface area contributed by atoms with Crippen LogP contribution in [0.25, 0.3) is 0 Å². The van der Waals surface area contributed by atoms with Gasteiger partial charge in [-0.25, -0.2) is 4.39 Å². The van der Waals surface area contributed by atoms with Gasteiger partial charge in [0.25, 0.3) is 5.91 Å². The van der Waals surface area contributed by atoms with Crippen molar-refractivity contribution in [1.82, 2.24) is 0 Å². The molecule has 0 saturated carbocycles. The summed E-state index contributed by atoms with van der Waals surface area (Å²) in [6.45, 7) is -0.205. The second-order valence-corrected chi connectivity index (χ2v) is 3.09. The van der Waals surface area contributed by atoms with Gasteiger partial charge in [-0.1, -0.05) is 0 Å². The average molecular weight is 228 g/mol. The van der Waals surface area contributed by atoms with Crippen LogP contribution < -0.4 is 15.8 Å². The molecule has 0 spiro atoms. The van der Waals surface area contributed by atoms with Crippen LogP contribution >= 0.6 is 0 Å². The number of hydrogen-bond donors (Lipinski definition) is 3. The van der Waals surface area contributed by atoms with Crippen molar-refractivity contribution in [1.29, 1.82) is 0 Å². The number of hydrogen-bond acceptors (Lipinski definition) is 4. The highest BCUT2D eigenvalue weighted by Gasteiger charge is 2.15. The van der Waals surface area contributed by atoms with E-state index in [1.165, 1.54) is 19.2 Å². The molecule has 0 heterocycles. The van der Waals surface area contributed by atoms with E-state index in [1.807, 2.05) is 0 Å². The number of rotatable bonds is 4. The SMILES string of the molecule is COc1ccc(F)cc1NC(=O)C(O)CN. The van der Waals surface area contributed by atoms with Crippen molar-refractivity contribution >= 4 is 11.6 Å². The van der Waals surface area contributed by atoms with Crippen LogP contribution in [0, 0.1) is 5.82 Å². The largest absolute Gasteiger partial charge is 0.495 e. The van der Waals surface area contributed by atoms with Crippen LogP contribution in [0.4, 0.5) is 10.1 Å². The maximum Gasteiger partial charge on any atom is 0.254 e. The molecule has 0 aliphatic carbocycles. The number of ether oxygens (including phenoxy) is 1. The second kappa shape index (κ2) is 5.43. The number of carbonyl (C=O) groups is 1. The molecular formula is C10H13FN2O3. The predicted molar refractivity (Wildman–Crippen MR) is 56.6 cm³/mol. The van der Waals surface area contributed by atoms with Crippen molar-refractivity contribution in [2.75, 3.05) is 19.0 Å². The Morgan fingerprint density at radius 3 is 2.94 bits per heavy atom. The molecule has 4 N–H and O–H groups in total. The van der Waals surface area contributed by atoms with Crippen molar-refractivity contribution in [3.05, 3.63) is 24.0 Å².